The molecule has 28 heavy (non-hydrogen) atoms. The molecule has 0 aliphatic heterocycles. The number of pyridine rings is 1. The van der Waals surface area contributed by atoms with Gasteiger partial charge in [-0.25, -0.2) is 9.97 Å². The zero-order chi connectivity index (χ0) is 19.1. The molecule has 0 spiro atoms. The summed E-state index contributed by atoms with van der Waals surface area (Å²) in [6, 6.07) is 20.7. The predicted molar refractivity (Wildman–Crippen MR) is 116 cm³/mol. The number of aromatic nitrogens is 4. The van der Waals surface area contributed by atoms with Crippen LogP contribution in [0.5, 0.6) is 0 Å². The number of rotatable bonds is 3. The average Bonchev–Trinajstić information content (AvgIpc) is 3.28. The first-order valence-electron chi connectivity index (χ1n) is 9.15. The SMILES string of the molecule is Cc1nc2nc(N)cc(-c3cc4cc(/C=C\c5ccccc5)ccc4[nH]3)c2[nH]1. The van der Waals surface area contributed by atoms with Crippen LogP contribution in [0.25, 0.3) is 45.5 Å². The van der Waals surface area contributed by atoms with Crippen molar-refractivity contribution >= 4 is 40.0 Å². The highest BCUT2D eigenvalue weighted by atomic mass is 15.0. The lowest BCUT2D eigenvalue weighted by Crippen LogP contribution is -1.92. The lowest BCUT2D eigenvalue weighted by molar-refractivity contribution is 1.16. The number of anilines is 1. The Morgan fingerprint density at radius 2 is 1.68 bits per heavy atom. The van der Waals surface area contributed by atoms with Crippen molar-refractivity contribution < 1.29 is 0 Å². The molecule has 2 aromatic carbocycles. The van der Waals surface area contributed by atoms with Gasteiger partial charge in [0.2, 0.25) is 0 Å². The van der Waals surface area contributed by atoms with Crippen molar-refractivity contribution in [1.29, 1.82) is 0 Å². The van der Waals surface area contributed by atoms with E-state index in [2.05, 4.69) is 68.5 Å². The third-order valence-electron chi connectivity index (χ3n) is 4.80. The first kappa shape index (κ1) is 16.3. The Morgan fingerprint density at radius 1 is 0.857 bits per heavy atom. The van der Waals surface area contributed by atoms with E-state index in [-0.39, 0.29) is 0 Å². The van der Waals surface area contributed by atoms with Gasteiger partial charge in [0, 0.05) is 22.2 Å². The molecule has 0 saturated heterocycles. The van der Waals surface area contributed by atoms with Gasteiger partial charge >= 0.3 is 0 Å². The molecule has 5 nitrogen and oxygen atoms in total. The second-order valence-corrected chi connectivity index (χ2v) is 6.89. The fraction of sp³-hybridized carbons (Fsp3) is 0.0435. The number of nitrogens with two attached hydrogens (primary N) is 1. The molecule has 0 aliphatic rings. The third kappa shape index (κ3) is 2.93. The maximum atomic E-state index is 6.00. The normalized spacial score (nSPS) is 11.8. The summed E-state index contributed by atoms with van der Waals surface area (Å²) in [5, 5.41) is 1.14. The number of H-pyrrole nitrogens is 2. The molecule has 0 atom stereocenters. The van der Waals surface area contributed by atoms with Crippen molar-refractivity contribution in [2.24, 2.45) is 0 Å². The van der Waals surface area contributed by atoms with Crippen LogP contribution in [0.1, 0.15) is 17.0 Å². The minimum absolute atomic E-state index is 0.458. The van der Waals surface area contributed by atoms with Gasteiger partial charge in [0.1, 0.15) is 11.6 Å². The van der Waals surface area contributed by atoms with E-state index in [1.54, 1.807) is 0 Å². The quantitative estimate of drug-likeness (QED) is 0.386. The first-order valence-corrected chi connectivity index (χ1v) is 9.15. The summed E-state index contributed by atoms with van der Waals surface area (Å²) < 4.78 is 0. The molecule has 136 valence electrons. The van der Waals surface area contributed by atoms with E-state index in [9.17, 15) is 0 Å². The van der Waals surface area contributed by atoms with Crippen molar-refractivity contribution in [2.75, 3.05) is 5.73 Å². The van der Waals surface area contributed by atoms with Crippen molar-refractivity contribution in [3.05, 3.63) is 77.6 Å². The number of hydrogen-bond donors (Lipinski definition) is 3. The number of aromatic amines is 2. The number of nitrogens with one attached hydrogen (secondary N) is 2. The van der Waals surface area contributed by atoms with Gasteiger partial charge in [-0.05, 0) is 42.3 Å². The molecule has 0 saturated carbocycles. The van der Waals surface area contributed by atoms with Crippen LogP contribution in [0.3, 0.4) is 0 Å². The van der Waals surface area contributed by atoms with E-state index >= 15 is 0 Å². The summed E-state index contributed by atoms with van der Waals surface area (Å²) in [5.74, 6) is 1.28. The predicted octanol–water partition coefficient (Wildman–Crippen LogP) is 5.17. The maximum absolute atomic E-state index is 6.00. The molecule has 0 radical (unpaired) electrons. The molecular formula is C23H19N5. The number of aryl methyl sites for hydroxylation is 1. The van der Waals surface area contributed by atoms with Crippen LogP contribution in [0.15, 0.2) is 60.7 Å². The van der Waals surface area contributed by atoms with Gasteiger partial charge < -0.3 is 15.7 Å². The lowest BCUT2D eigenvalue weighted by Gasteiger charge is -2.01. The van der Waals surface area contributed by atoms with E-state index in [1.807, 2.05) is 31.2 Å². The van der Waals surface area contributed by atoms with E-state index < -0.39 is 0 Å². The molecule has 0 amide bonds. The summed E-state index contributed by atoms with van der Waals surface area (Å²) in [6.45, 7) is 1.91. The Labute approximate surface area is 162 Å². The van der Waals surface area contributed by atoms with E-state index in [4.69, 9.17) is 5.73 Å². The highest BCUT2D eigenvalue weighted by molar-refractivity contribution is 5.95. The molecule has 3 aromatic heterocycles. The van der Waals surface area contributed by atoms with Crippen molar-refractivity contribution in [2.45, 2.75) is 6.92 Å². The molecule has 5 heteroatoms. The van der Waals surface area contributed by atoms with Crippen LogP contribution < -0.4 is 5.73 Å². The molecule has 0 aliphatic carbocycles. The van der Waals surface area contributed by atoms with Crippen LogP contribution in [0, 0.1) is 6.92 Å². The van der Waals surface area contributed by atoms with Gasteiger partial charge in [-0.3, -0.25) is 0 Å². The van der Waals surface area contributed by atoms with Gasteiger partial charge in [0.25, 0.3) is 0 Å². The molecule has 0 bridgehead atoms. The fourth-order valence-corrected chi connectivity index (χ4v) is 3.49. The summed E-state index contributed by atoms with van der Waals surface area (Å²) in [7, 11) is 0. The minimum atomic E-state index is 0.458. The Bertz CT molecular complexity index is 1330. The second kappa shape index (κ2) is 6.39. The van der Waals surface area contributed by atoms with Crippen molar-refractivity contribution in [1.82, 2.24) is 19.9 Å². The van der Waals surface area contributed by atoms with Gasteiger partial charge in [0.05, 0.1) is 5.52 Å². The van der Waals surface area contributed by atoms with E-state index in [1.165, 1.54) is 5.56 Å². The highest BCUT2D eigenvalue weighted by Crippen LogP contribution is 2.30. The van der Waals surface area contributed by atoms with Crippen molar-refractivity contribution in [3.63, 3.8) is 0 Å². The number of nitrogens with zero attached hydrogens (tertiary/aromatic N) is 2. The Balaban J connectivity index is 1.57. The molecule has 0 unspecified atom stereocenters. The fourth-order valence-electron chi connectivity index (χ4n) is 3.49. The molecule has 5 aromatic rings. The Kier molecular flexibility index (Phi) is 3.72. The average molecular weight is 365 g/mol. The summed E-state index contributed by atoms with van der Waals surface area (Å²) in [5.41, 5.74) is 12.9. The first-order chi connectivity index (χ1) is 13.7. The smallest absolute Gasteiger partial charge is 0.180 e. The van der Waals surface area contributed by atoms with Gasteiger partial charge in [0.15, 0.2) is 5.65 Å². The zero-order valence-corrected chi connectivity index (χ0v) is 15.4. The van der Waals surface area contributed by atoms with Gasteiger partial charge in [-0.2, -0.15) is 0 Å². The summed E-state index contributed by atoms with van der Waals surface area (Å²) >= 11 is 0. The van der Waals surface area contributed by atoms with E-state index in [0.29, 0.717) is 11.5 Å². The second-order valence-electron chi connectivity index (χ2n) is 6.89. The largest absolute Gasteiger partial charge is 0.384 e. The monoisotopic (exact) mass is 365 g/mol. The lowest BCUT2D eigenvalue weighted by atomic mass is 10.1. The Morgan fingerprint density at radius 3 is 2.54 bits per heavy atom. The molecular weight excluding hydrogens is 346 g/mol. The zero-order valence-electron chi connectivity index (χ0n) is 15.4. The highest BCUT2D eigenvalue weighted by Gasteiger charge is 2.12. The van der Waals surface area contributed by atoms with Gasteiger partial charge in [-0.1, -0.05) is 48.6 Å². The topological polar surface area (TPSA) is 83.4 Å². The maximum Gasteiger partial charge on any atom is 0.180 e. The minimum Gasteiger partial charge on any atom is -0.384 e. The number of hydrogen-bond acceptors (Lipinski definition) is 3. The number of nitrogen functional groups attached to an aromatic ring is 1. The third-order valence-corrected chi connectivity index (χ3v) is 4.80. The summed E-state index contributed by atoms with van der Waals surface area (Å²) in [6.07, 6.45) is 4.25. The molecule has 3 heterocycles. The Hall–Kier alpha value is -3.86. The standard InChI is InChI=1S/C23H19N5/c1-14-25-22-18(13-21(24)28-23(22)26-14)20-12-17-11-16(9-10-19(17)27-20)8-7-15-5-3-2-4-6-15/h2-13,27H,1H3,(H3,24,25,26,28)/b8-7-. The number of imidazole rings is 1. The van der Waals surface area contributed by atoms with Crippen LogP contribution >= 0.6 is 0 Å². The summed E-state index contributed by atoms with van der Waals surface area (Å²) in [4.78, 5) is 15.5. The number of fused-ring (bicyclic) bond motifs is 2. The number of benzene rings is 2. The molecule has 0 fully saturated rings. The van der Waals surface area contributed by atoms with Crippen molar-refractivity contribution in [3.8, 4) is 11.3 Å². The van der Waals surface area contributed by atoms with Gasteiger partial charge in [-0.15, -0.1) is 0 Å². The van der Waals surface area contributed by atoms with Crippen LogP contribution in [0.4, 0.5) is 5.82 Å². The van der Waals surface area contributed by atoms with Crippen LogP contribution in [-0.4, -0.2) is 19.9 Å². The molecule has 4 N–H and O–H groups in total. The molecule has 5 rings (SSSR count). The van der Waals surface area contributed by atoms with Crippen LogP contribution in [-0.2, 0) is 0 Å². The van der Waals surface area contributed by atoms with Crippen LogP contribution in [0.2, 0.25) is 0 Å². The van der Waals surface area contributed by atoms with E-state index in [0.717, 1.165) is 39.1 Å².